The van der Waals surface area contributed by atoms with Crippen LogP contribution in [0, 0.1) is 39.9 Å². The van der Waals surface area contributed by atoms with Gasteiger partial charge in [0.1, 0.15) is 6.10 Å². The summed E-state index contributed by atoms with van der Waals surface area (Å²) in [4.78, 5) is 12.9. The van der Waals surface area contributed by atoms with Crippen LogP contribution in [0.5, 0.6) is 5.75 Å². The molecule has 2 atom stereocenters. The molecule has 0 bridgehead atoms. The Kier molecular flexibility index (Phi) is 8.72. The first-order valence-electron chi connectivity index (χ1n) is 11.1. The topological polar surface area (TPSA) is 38.3 Å². The van der Waals surface area contributed by atoms with Crippen LogP contribution >= 0.6 is 0 Å². The maximum atomic E-state index is 14.1. The third kappa shape index (κ3) is 7.43. The lowest BCUT2D eigenvalue weighted by Crippen LogP contribution is -2.41. The summed E-state index contributed by atoms with van der Waals surface area (Å²) >= 11 is 0. The van der Waals surface area contributed by atoms with Crippen LogP contribution in [0.25, 0.3) is 0 Å². The molecule has 188 valence electrons. The predicted molar refractivity (Wildman–Crippen MR) is 122 cm³/mol. The molecule has 2 unspecified atom stereocenters. The summed E-state index contributed by atoms with van der Waals surface area (Å²) in [5.74, 6) is -11.8. The quantitative estimate of drug-likeness (QED) is 0.114. The largest absolute Gasteiger partial charge is 0.482 e. The Labute approximate surface area is 197 Å². The summed E-state index contributed by atoms with van der Waals surface area (Å²) in [7, 11) is 0. The smallest absolute Gasteiger partial charge is 0.207 e. The van der Waals surface area contributed by atoms with Gasteiger partial charge in [-0.1, -0.05) is 65.8 Å². The van der Waals surface area contributed by atoms with E-state index >= 15 is 0 Å². The fourth-order valence-corrected chi connectivity index (χ4v) is 3.27. The Balaban J connectivity index is 2.33. The molecule has 34 heavy (non-hydrogen) atoms. The highest BCUT2D eigenvalue weighted by molar-refractivity contribution is 5.98. The lowest BCUT2D eigenvalue weighted by atomic mass is 9.87. The van der Waals surface area contributed by atoms with E-state index < -0.39 is 47.0 Å². The van der Waals surface area contributed by atoms with Crippen LogP contribution in [-0.2, 0) is 4.79 Å². The van der Waals surface area contributed by atoms with Crippen LogP contribution in [0.1, 0.15) is 60.8 Å². The van der Waals surface area contributed by atoms with Gasteiger partial charge in [0.25, 0.3) is 0 Å². The molecule has 0 amide bonds. The average Bonchev–Trinajstić information content (AvgIpc) is 2.72. The van der Waals surface area contributed by atoms with Gasteiger partial charge in [0, 0.05) is 18.2 Å². The predicted octanol–water partition coefficient (Wildman–Crippen LogP) is 6.93. The molecule has 0 saturated carbocycles. The zero-order valence-corrected chi connectivity index (χ0v) is 20.4. The van der Waals surface area contributed by atoms with Crippen LogP contribution in [-0.4, -0.2) is 17.9 Å². The molecule has 0 saturated heterocycles. The van der Waals surface area contributed by atoms with Crippen LogP contribution in [0.15, 0.2) is 36.1 Å². The minimum atomic E-state index is -2.24. The number of allylic oxidation sites excluding steroid dienone is 4. The number of halogens is 5. The molecule has 0 aromatic heterocycles. The van der Waals surface area contributed by atoms with E-state index in [2.05, 4.69) is 5.32 Å². The first kappa shape index (κ1) is 27.6. The second-order valence-corrected chi connectivity index (χ2v) is 10.7. The Hall–Kier alpha value is -2.64. The van der Waals surface area contributed by atoms with Crippen molar-refractivity contribution in [3.05, 3.63) is 65.2 Å². The van der Waals surface area contributed by atoms with Crippen molar-refractivity contribution in [2.24, 2.45) is 10.8 Å². The SMILES string of the molecule is CC(C)(C)/C=C/C(=CNC1C=CCCC1Oc1c(F)c(F)c(F)c(F)c1F)C(=O)CC(C)(C)C. The van der Waals surface area contributed by atoms with E-state index in [1.54, 1.807) is 12.2 Å². The van der Waals surface area contributed by atoms with Crippen LogP contribution < -0.4 is 10.1 Å². The van der Waals surface area contributed by atoms with Gasteiger partial charge in [0.05, 0.1) is 6.04 Å². The van der Waals surface area contributed by atoms with Crippen molar-refractivity contribution in [2.45, 2.75) is 73.0 Å². The lowest BCUT2D eigenvalue weighted by molar-refractivity contribution is -0.116. The third-order valence-electron chi connectivity index (χ3n) is 5.01. The Morgan fingerprint density at radius 2 is 1.56 bits per heavy atom. The molecule has 0 spiro atoms. The molecule has 0 aliphatic heterocycles. The van der Waals surface area contributed by atoms with Crippen molar-refractivity contribution in [2.75, 3.05) is 0 Å². The van der Waals surface area contributed by atoms with E-state index in [-0.39, 0.29) is 23.0 Å². The van der Waals surface area contributed by atoms with E-state index in [0.29, 0.717) is 18.4 Å². The third-order valence-corrected chi connectivity index (χ3v) is 5.01. The molecule has 0 fully saturated rings. The van der Waals surface area contributed by atoms with Gasteiger partial charge < -0.3 is 10.1 Å². The standard InChI is InChI=1S/C26H32F5NO2/c1-25(2,3)12-11-15(17(33)13-26(4,5)6)14-32-16-9-7-8-10-18(16)34-24-22(30)20(28)19(27)21(29)23(24)31/h7,9,11-12,14,16,18,32H,8,10,13H2,1-6H3/b12-11+,15-14?. The monoisotopic (exact) mass is 485 g/mol. The summed E-state index contributed by atoms with van der Waals surface area (Å²) in [6.45, 7) is 11.8. The number of nitrogens with one attached hydrogen (secondary N) is 1. The molecule has 0 radical (unpaired) electrons. The number of benzene rings is 1. The molecular weight excluding hydrogens is 453 g/mol. The normalized spacial score (nSPS) is 19.6. The van der Waals surface area contributed by atoms with Gasteiger partial charge in [-0.25, -0.2) is 13.2 Å². The van der Waals surface area contributed by atoms with E-state index in [9.17, 15) is 26.7 Å². The minimum absolute atomic E-state index is 0.0995. The van der Waals surface area contributed by atoms with Crippen molar-refractivity contribution >= 4 is 5.78 Å². The second kappa shape index (κ2) is 10.7. The lowest BCUT2D eigenvalue weighted by Gasteiger charge is -2.29. The number of carbonyl (C=O) groups excluding carboxylic acids is 1. The summed E-state index contributed by atoms with van der Waals surface area (Å²) in [6.07, 6.45) is 8.72. The number of ether oxygens (including phenoxy) is 1. The summed E-state index contributed by atoms with van der Waals surface area (Å²) < 4.78 is 74.1. The van der Waals surface area contributed by atoms with Gasteiger partial charge in [0.15, 0.2) is 11.5 Å². The van der Waals surface area contributed by atoms with Crippen molar-refractivity contribution in [1.82, 2.24) is 5.32 Å². The average molecular weight is 486 g/mol. The van der Waals surface area contributed by atoms with E-state index in [1.165, 1.54) is 6.20 Å². The number of hydrogen-bond donors (Lipinski definition) is 1. The van der Waals surface area contributed by atoms with Crippen LogP contribution in [0.2, 0.25) is 0 Å². The van der Waals surface area contributed by atoms with Gasteiger partial charge in [-0.3, -0.25) is 4.79 Å². The van der Waals surface area contributed by atoms with Crippen molar-refractivity contribution in [1.29, 1.82) is 0 Å². The molecule has 1 aromatic carbocycles. The highest BCUT2D eigenvalue weighted by Gasteiger charge is 2.31. The fraction of sp³-hybridized carbons (Fsp3) is 0.500. The van der Waals surface area contributed by atoms with E-state index in [1.807, 2.05) is 53.7 Å². The van der Waals surface area contributed by atoms with Gasteiger partial charge in [-0.05, 0) is 23.7 Å². The molecule has 1 aliphatic rings. The number of rotatable bonds is 7. The van der Waals surface area contributed by atoms with E-state index in [4.69, 9.17) is 4.74 Å². The van der Waals surface area contributed by atoms with Crippen LogP contribution in [0.4, 0.5) is 22.0 Å². The van der Waals surface area contributed by atoms with E-state index in [0.717, 1.165) is 0 Å². The number of Topliss-reactive ketones (excluding diaryl/α,β-unsaturated/α-hetero) is 1. The summed E-state index contributed by atoms with van der Waals surface area (Å²) in [5, 5.41) is 3.02. The highest BCUT2D eigenvalue weighted by atomic mass is 19.2. The molecule has 1 N–H and O–H groups in total. The molecule has 3 nitrogen and oxygen atoms in total. The number of hydrogen-bond acceptors (Lipinski definition) is 3. The first-order valence-corrected chi connectivity index (χ1v) is 11.1. The van der Waals surface area contributed by atoms with Crippen molar-refractivity contribution in [3.63, 3.8) is 0 Å². The van der Waals surface area contributed by atoms with Crippen molar-refractivity contribution < 1.29 is 31.5 Å². The molecule has 8 heteroatoms. The van der Waals surface area contributed by atoms with Gasteiger partial charge in [0.2, 0.25) is 29.1 Å². The summed E-state index contributed by atoms with van der Waals surface area (Å²) in [5.41, 5.74) is -0.0178. The number of carbonyl (C=O) groups is 1. The molecule has 1 aliphatic carbocycles. The maximum Gasteiger partial charge on any atom is 0.207 e. The Morgan fingerprint density at radius 3 is 2.09 bits per heavy atom. The summed E-state index contributed by atoms with van der Waals surface area (Å²) in [6, 6.07) is -0.663. The molecule has 0 heterocycles. The van der Waals surface area contributed by atoms with Crippen molar-refractivity contribution in [3.8, 4) is 5.75 Å². The van der Waals surface area contributed by atoms with Gasteiger partial charge >= 0.3 is 0 Å². The van der Waals surface area contributed by atoms with Crippen LogP contribution in [0.3, 0.4) is 0 Å². The maximum absolute atomic E-state index is 14.1. The zero-order chi connectivity index (χ0) is 25.8. The Bertz CT molecular complexity index is 971. The zero-order valence-electron chi connectivity index (χ0n) is 20.4. The molecule has 1 aromatic rings. The fourth-order valence-electron chi connectivity index (χ4n) is 3.27. The minimum Gasteiger partial charge on any atom is -0.482 e. The van der Waals surface area contributed by atoms with Gasteiger partial charge in [-0.15, -0.1) is 0 Å². The highest BCUT2D eigenvalue weighted by Crippen LogP contribution is 2.32. The Morgan fingerprint density at radius 1 is 1.00 bits per heavy atom. The number of ketones is 1. The van der Waals surface area contributed by atoms with Gasteiger partial charge in [-0.2, -0.15) is 8.78 Å². The molecular formula is C26H32F5NO2. The molecule has 2 rings (SSSR count). The second-order valence-electron chi connectivity index (χ2n) is 10.7. The first-order chi connectivity index (χ1) is 15.6.